The zero-order chi connectivity index (χ0) is 22.8. The van der Waals surface area contributed by atoms with Crippen LogP contribution < -0.4 is 16.0 Å². The van der Waals surface area contributed by atoms with Crippen LogP contribution in [0.5, 0.6) is 0 Å². The van der Waals surface area contributed by atoms with E-state index in [1.807, 2.05) is 60.7 Å². The van der Waals surface area contributed by atoms with Crippen LogP contribution >= 0.6 is 0 Å². The number of anilines is 1. The molecule has 3 rings (SSSR count). The maximum atomic E-state index is 13.0. The van der Waals surface area contributed by atoms with E-state index in [-0.39, 0.29) is 31.3 Å². The molecule has 1 aliphatic rings. The van der Waals surface area contributed by atoms with E-state index in [4.69, 9.17) is 5.73 Å². The van der Waals surface area contributed by atoms with Gasteiger partial charge in [0.25, 0.3) is 0 Å². The van der Waals surface area contributed by atoms with Crippen LogP contribution in [0.4, 0.5) is 5.69 Å². The molecule has 1 heterocycles. The molecule has 0 spiro atoms. The number of amides is 3. The number of nitrogens with one attached hydrogen (secondary N) is 1. The number of benzene rings is 2. The highest BCUT2D eigenvalue weighted by Crippen LogP contribution is 2.15. The van der Waals surface area contributed by atoms with Gasteiger partial charge in [0.2, 0.25) is 17.7 Å². The second-order valence-electron chi connectivity index (χ2n) is 7.91. The van der Waals surface area contributed by atoms with E-state index in [1.54, 1.807) is 4.90 Å². The Morgan fingerprint density at radius 1 is 0.844 bits per heavy atom. The van der Waals surface area contributed by atoms with Gasteiger partial charge in [0, 0.05) is 51.4 Å². The fourth-order valence-corrected chi connectivity index (χ4v) is 3.67. The van der Waals surface area contributed by atoms with Crippen molar-refractivity contribution in [3.63, 3.8) is 0 Å². The molecule has 1 fully saturated rings. The lowest BCUT2D eigenvalue weighted by molar-refractivity contribution is -0.124. The topological polar surface area (TPSA) is 99.0 Å². The Hall–Kier alpha value is -3.23. The average Bonchev–Trinajstić information content (AvgIpc) is 2.80. The van der Waals surface area contributed by atoms with Gasteiger partial charge in [0.15, 0.2) is 0 Å². The first-order valence-electron chi connectivity index (χ1n) is 10.9. The molecule has 1 saturated heterocycles. The van der Waals surface area contributed by atoms with Crippen LogP contribution in [0.1, 0.15) is 12.0 Å². The van der Waals surface area contributed by atoms with Crippen molar-refractivity contribution in [3.05, 3.63) is 66.2 Å². The summed E-state index contributed by atoms with van der Waals surface area (Å²) < 4.78 is 0. The van der Waals surface area contributed by atoms with Crippen LogP contribution in [0.15, 0.2) is 60.7 Å². The van der Waals surface area contributed by atoms with Gasteiger partial charge < -0.3 is 16.0 Å². The van der Waals surface area contributed by atoms with Gasteiger partial charge in [-0.3, -0.25) is 24.2 Å². The summed E-state index contributed by atoms with van der Waals surface area (Å²) in [5.74, 6) is -0.496. The second kappa shape index (κ2) is 12.0. The molecule has 0 saturated carbocycles. The number of hydrogen-bond acceptors (Lipinski definition) is 5. The lowest BCUT2D eigenvalue weighted by Crippen LogP contribution is -2.52. The molecular weight excluding hydrogens is 406 g/mol. The van der Waals surface area contributed by atoms with Gasteiger partial charge in [0.05, 0.1) is 13.1 Å². The molecule has 0 unspecified atom stereocenters. The van der Waals surface area contributed by atoms with Crippen LogP contribution in [-0.4, -0.2) is 73.3 Å². The van der Waals surface area contributed by atoms with Gasteiger partial charge in [-0.05, 0) is 17.7 Å². The summed E-state index contributed by atoms with van der Waals surface area (Å²) in [5.41, 5.74) is 7.12. The van der Waals surface area contributed by atoms with E-state index < -0.39 is 5.91 Å². The Balaban J connectivity index is 1.44. The van der Waals surface area contributed by atoms with Crippen molar-refractivity contribution < 1.29 is 14.4 Å². The van der Waals surface area contributed by atoms with Crippen molar-refractivity contribution in [1.82, 2.24) is 15.1 Å². The molecule has 3 N–H and O–H groups in total. The van der Waals surface area contributed by atoms with Crippen LogP contribution in [0.3, 0.4) is 0 Å². The predicted octanol–water partition coefficient (Wildman–Crippen LogP) is 0.829. The minimum Gasteiger partial charge on any atom is -0.370 e. The van der Waals surface area contributed by atoms with E-state index in [2.05, 4.69) is 15.1 Å². The second-order valence-corrected chi connectivity index (χ2v) is 7.91. The van der Waals surface area contributed by atoms with Gasteiger partial charge >= 0.3 is 0 Å². The maximum absolute atomic E-state index is 13.0. The molecule has 8 heteroatoms. The zero-order valence-electron chi connectivity index (χ0n) is 18.3. The van der Waals surface area contributed by atoms with Crippen molar-refractivity contribution >= 4 is 23.4 Å². The fourth-order valence-electron chi connectivity index (χ4n) is 3.67. The van der Waals surface area contributed by atoms with Crippen LogP contribution in [0.2, 0.25) is 0 Å². The van der Waals surface area contributed by atoms with Crippen molar-refractivity contribution in [1.29, 1.82) is 0 Å². The number of nitrogens with two attached hydrogens (primary N) is 1. The molecule has 0 aromatic heterocycles. The van der Waals surface area contributed by atoms with E-state index in [0.717, 1.165) is 24.3 Å². The lowest BCUT2D eigenvalue weighted by atomic mass is 10.2. The fraction of sp³-hybridized carbons (Fsp3) is 0.375. The number of piperazine rings is 1. The Labute approximate surface area is 189 Å². The number of primary amides is 1. The number of rotatable bonds is 10. The Morgan fingerprint density at radius 3 is 2.00 bits per heavy atom. The van der Waals surface area contributed by atoms with Gasteiger partial charge in [-0.15, -0.1) is 0 Å². The monoisotopic (exact) mass is 437 g/mol. The van der Waals surface area contributed by atoms with Crippen LogP contribution in [-0.2, 0) is 20.9 Å². The Kier molecular flexibility index (Phi) is 8.77. The van der Waals surface area contributed by atoms with Crippen molar-refractivity contribution in [3.8, 4) is 0 Å². The standard InChI is InChI=1S/C24H31N5O3/c25-22(30)11-12-29(21-9-5-2-6-10-21)24(32)19-28-15-13-27(14-16-28)18-23(31)26-17-20-7-3-1-4-8-20/h1-10H,11-19H2,(H2,25,30)(H,26,31). The first kappa shape index (κ1) is 23.4. The molecule has 0 radical (unpaired) electrons. The molecule has 0 atom stereocenters. The molecule has 1 aliphatic heterocycles. The molecule has 2 aromatic carbocycles. The molecular formula is C24H31N5O3. The highest BCUT2D eigenvalue weighted by Gasteiger charge is 2.23. The quantitative estimate of drug-likeness (QED) is 0.574. The summed E-state index contributed by atoms with van der Waals surface area (Å²) in [5, 5.41) is 2.95. The van der Waals surface area contributed by atoms with Gasteiger partial charge in [-0.25, -0.2) is 0 Å². The third-order valence-electron chi connectivity index (χ3n) is 5.47. The minimum atomic E-state index is -0.433. The van der Waals surface area contributed by atoms with Gasteiger partial charge in [-0.2, -0.15) is 0 Å². The summed E-state index contributed by atoms with van der Waals surface area (Å²) >= 11 is 0. The number of carbonyl (C=O) groups excluding carboxylic acids is 3. The first-order chi connectivity index (χ1) is 15.5. The summed E-state index contributed by atoms with van der Waals surface area (Å²) in [6.45, 7) is 4.25. The van der Waals surface area contributed by atoms with Crippen LogP contribution in [0, 0.1) is 0 Å². The van der Waals surface area contributed by atoms with Crippen LogP contribution in [0.25, 0.3) is 0 Å². The molecule has 0 aliphatic carbocycles. The van der Waals surface area contributed by atoms with Crippen molar-refractivity contribution in [2.45, 2.75) is 13.0 Å². The van der Waals surface area contributed by atoms with Gasteiger partial charge in [-0.1, -0.05) is 48.5 Å². The van der Waals surface area contributed by atoms with E-state index >= 15 is 0 Å². The summed E-state index contributed by atoms with van der Waals surface area (Å²) in [7, 11) is 0. The minimum absolute atomic E-state index is 0.0000777. The van der Waals surface area contributed by atoms with E-state index in [1.165, 1.54) is 0 Å². The van der Waals surface area contributed by atoms with E-state index in [9.17, 15) is 14.4 Å². The molecule has 3 amide bonds. The molecule has 8 nitrogen and oxygen atoms in total. The number of para-hydroxylation sites is 1. The van der Waals surface area contributed by atoms with E-state index in [0.29, 0.717) is 26.2 Å². The molecule has 2 aromatic rings. The maximum Gasteiger partial charge on any atom is 0.241 e. The zero-order valence-corrected chi connectivity index (χ0v) is 18.3. The molecule has 32 heavy (non-hydrogen) atoms. The largest absolute Gasteiger partial charge is 0.370 e. The first-order valence-corrected chi connectivity index (χ1v) is 10.9. The lowest BCUT2D eigenvalue weighted by Gasteiger charge is -2.35. The number of hydrogen-bond donors (Lipinski definition) is 2. The Bertz CT molecular complexity index is 883. The average molecular weight is 438 g/mol. The third-order valence-corrected chi connectivity index (χ3v) is 5.47. The third kappa shape index (κ3) is 7.47. The highest BCUT2D eigenvalue weighted by atomic mass is 16.2. The van der Waals surface area contributed by atoms with Crippen molar-refractivity contribution in [2.24, 2.45) is 5.73 Å². The summed E-state index contributed by atoms with van der Waals surface area (Å²) in [6.07, 6.45) is 0.118. The number of nitrogens with zero attached hydrogens (tertiary/aromatic N) is 3. The summed E-state index contributed by atoms with van der Waals surface area (Å²) in [4.78, 5) is 42.2. The van der Waals surface area contributed by atoms with Gasteiger partial charge in [0.1, 0.15) is 0 Å². The smallest absolute Gasteiger partial charge is 0.241 e. The number of carbonyl (C=O) groups is 3. The Morgan fingerprint density at radius 2 is 1.41 bits per heavy atom. The highest BCUT2D eigenvalue weighted by molar-refractivity contribution is 5.95. The predicted molar refractivity (Wildman–Crippen MR) is 124 cm³/mol. The molecule has 0 bridgehead atoms. The van der Waals surface area contributed by atoms with Crippen molar-refractivity contribution in [2.75, 3.05) is 50.7 Å². The normalized spacial score (nSPS) is 14.6. The summed E-state index contributed by atoms with van der Waals surface area (Å²) in [6, 6.07) is 19.1. The SMILES string of the molecule is NC(=O)CCN(C(=O)CN1CCN(CC(=O)NCc2ccccc2)CC1)c1ccccc1. The molecule has 170 valence electrons.